The number of nitrogens with zero attached hydrogens (tertiary/aromatic N) is 4. The zero-order valence-corrected chi connectivity index (χ0v) is 48.3. The molecule has 0 radical (unpaired) electrons. The van der Waals surface area contributed by atoms with Gasteiger partial charge in [0.1, 0.15) is 36.4 Å². The number of aliphatic hydroxyl groups is 4. The van der Waals surface area contributed by atoms with Crippen molar-refractivity contribution in [1.82, 2.24) is 25.0 Å². The minimum atomic E-state index is -2.02. The molecule has 86 heavy (non-hydrogen) atoms. The van der Waals surface area contributed by atoms with Gasteiger partial charge in [-0.3, -0.25) is 24.0 Å². The van der Waals surface area contributed by atoms with Crippen LogP contribution in [-0.4, -0.2) is 198 Å². The highest BCUT2D eigenvalue weighted by molar-refractivity contribution is 7.20. The first-order valence-corrected chi connectivity index (χ1v) is 28.1. The van der Waals surface area contributed by atoms with Crippen LogP contribution in [0.1, 0.15) is 72.1 Å². The van der Waals surface area contributed by atoms with E-state index in [4.69, 9.17) is 34.3 Å². The Morgan fingerprint density at radius 3 is 2.36 bits per heavy atom. The summed E-state index contributed by atoms with van der Waals surface area (Å²) in [5.41, 5.74) is 1.50. The lowest BCUT2D eigenvalue weighted by Gasteiger charge is -2.38. The number of nitrogens with two attached hydrogens (primary N) is 1. The molecule has 3 aromatic carbocycles. The van der Waals surface area contributed by atoms with Gasteiger partial charge in [0.2, 0.25) is 12.2 Å². The number of aliphatic carboxylic acids is 1. The lowest BCUT2D eigenvalue weighted by Crippen LogP contribution is -2.61. The zero-order valence-electron chi connectivity index (χ0n) is 47.5. The Hall–Kier alpha value is -8.23. The fourth-order valence-corrected chi connectivity index (χ4v) is 10.7. The maximum atomic E-state index is 14.4. The van der Waals surface area contributed by atoms with Gasteiger partial charge in [-0.05, 0) is 99.4 Å². The Bertz CT molecular complexity index is 3330. The summed E-state index contributed by atoms with van der Waals surface area (Å²) in [6.07, 6.45) is -10.1. The average molecular weight is 1220 g/mol. The lowest BCUT2D eigenvalue weighted by atomic mass is 9.99. The average Bonchev–Trinajstić information content (AvgIpc) is 1.67. The van der Waals surface area contributed by atoms with E-state index < -0.39 is 85.3 Å². The fraction of sp³-hybridized carbons (Fsp3) is 0.421. The maximum absolute atomic E-state index is 14.4. The van der Waals surface area contributed by atoms with Crippen molar-refractivity contribution in [3.05, 3.63) is 106 Å². The summed E-state index contributed by atoms with van der Waals surface area (Å²) in [5.74, 6) is 0.874. The Morgan fingerprint density at radius 1 is 0.837 bits per heavy atom. The monoisotopic (exact) mass is 1220 g/mol. The molecule has 0 aliphatic carbocycles. The van der Waals surface area contributed by atoms with Crippen molar-refractivity contribution in [2.24, 2.45) is 12.9 Å². The molecule has 7 atom stereocenters. The molecule has 462 valence electrons. The first-order chi connectivity index (χ1) is 41.1. The number of amides is 6. The van der Waals surface area contributed by atoms with Gasteiger partial charge in [-0.25, -0.2) is 20.4 Å². The van der Waals surface area contributed by atoms with E-state index in [0.29, 0.717) is 28.4 Å². The van der Waals surface area contributed by atoms with E-state index in [-0.39, 0.29) is 110 Å². The predicted molar refractivity (Wildman–Crippen MR) is 309 cm³/mol. The Labute approximate surface area is 496 Å². The molecule has 29 heteroatoms. The molecule has 0 saturated carbocycles. The summed E-state index contributed by atoms with van der Waals surface area (Å²) in [7, 11) is 6.95. The minimum absolute atomic E-state index is 0.0160. The number of methoxy groups -OCH3 is 1. The Morgan fingerprint density at radius 2 is 1.62 bits per heavy atom. The van der Waals surface area contributed by atoms with Gasteiger partial charge in [0, 0.05) is 55.8 Å². The van der Waals surface area contributed by atoms with Gasteiger partial charge in [-0.1, -0.05) is 18.2 Å². The number of hydrogen-bond acceptors (Lipinski definition) is 21. The number of anilines is 3. The number of carboxylic acids is 1. The molecule has 5 heterocycles. The van der Waals surface area contributed by atoms with Crippen molar-refractivity contribution in [3.8, 4) is 17.2 Å². The summed E-state index contributed by atoms with van der Waals surface area (Å²) in [6.45, 7) is 5.01. The van der Waals surface area contributed by atoms with Crippen LogP contribution in [0.3, 0.4) is 0 Å². The Kier molecular flexibility index (Phi) is 21.3. The second kappa shape index (κ2) is 28.8. The number of aryl methyl sites for hydroxylation is 1. The van der Waals surface area contributed by atoms with E-state index in [1.165, 1.54) is 59.7 Å². The van der Waals surface area contributed by atoms with Crippen LogP contribution in [0.25, 0.3) is 10.1 Å². The molecular weight excluding hydrogens is 1150 g/mol. The van der Waals surface area contributed by atoms with Gasteiger partial charge in [-0.15, -0.1) is 11.3 Å². The van der Waals surface area contributed by atoms with Crippen molar-refractivity contribution in [2.45, 2.75) is 75.3 Å². The number of carboxylic acid groups (broad SMARTS) is 1. The maximum Gasteiger partial charge on any atom is 0.416 e. The lowest BCUT2D eigenvalue weighted by molar-refractivity contribution is -0.271. The van der Waals surface area contributed by atoms with Crippen molar-refractivity contribution in [2.75, 3.05) is 89.3 Å². The molecule has 8 rings (SSSR count). The largest absolute Gasteiger partial charge is 0.493 e. The van der Waals surface area contributed by atoms with Gasteiger partial charge < -0.3 is 94.4 Å². The number of hydrogen-bond donors (Lipinski definition) is 10. The van der Waals surface area contributed by atoms with Gasteiger partial charge in [0.25, 0.3) is 23.6 Å². The first kappa shape index (κ1) is 63.8. The Balaban J connectivity index is 0.923. The molecule has 3 aliphatic rings. The summed E-state index contributed by atoms with van der Waals surface area (Å²) in [5, 5.41) is 64.9. The van der Waals surface area contributed by atoms with Gasteiger partial charge in [-0.2, -0.15) is 0 Å². The molecule has 5 aromatic rings. The van der Waals surface area contributed by atoms with Crippen LogP contribution in [0.15, 0.2) is 79.0 Å². The number of aromatic nitrogens is 1. The number of fused-ring (bicyclic) bond motifs is 3. The number of nitrogens with one attached hydrogen (secondary N) is 4. The molecule has 11 N–H and O–H groups in total. The normalized spacial score (nSPS) is 20.0. The molecule has 2 aromatic heterocycles. The van der Waals surface area contributed by atoms with Crippen molar-refractivity contribution >= 4 is 80.1 Å². The van der Waals surface area contributed by atoms with Crippen LogP contribution in [0.4, 0.5) is 21.9 Å². The number of aliphatic hydroxyl groups excluding tert-OH is 4. The molecule has 1 unspecified atom stereocenters. The van der Waals surface area contributed by atoms with E-state index in [0.717, 1.165) is 28.0 Å². The standard InChI is InChI=1S/C57H69N9O19S/c1-30-20-39-54(75)66(57(78)82-29-31-9-11-40(36(21-31)50(71)60-14-17-80-18-19-83-58)84-56-48(70)46(68)47(69)49(85-56)55(76)77)37-26-42(41(79-5)25-35(37)53(74)65(39)27-30)81-16-6-8-45(67)61-34-24-38(64(4)28-34)51(72)62-33-10-12-43-32(22-33)23-44(86-43)52(73)59-13-7-15-63(2)3/h9-12,21-26,28,39,46-49,54,56,68-70,75H,1,6-8,13-20,27,29,58H2,2-5H3,(H,59,73)(H,60,71)(H,61,67)(H,62,72)(H,76,77)/t39-,46-,47-,48+,49-,54?,56+/m0/s1. The third-order valence-electron chi connectivity index (χ3n) is 14.1. The molecule has 2 saturated heterocycles. The van der Waals surface area contributed by atoms with E-state index in [1.54, 1.807) is 36.0 Å². The summed E-state index contributed by atoms with van der Waals surface area (Å²) in [6, 6.07) is 14.3. The van der Waals surface area contributed by atoms with Crippen LogP contribution >= 0.6 is 11.3 Å². The van der Waals surface area contributed by atoms with Crippen molar-refractivity contribution in [3.63, 3.8) is 0 Å². The van der Waals surface area contributed by atoms with Crippen molar-refractivity contribution < 1.29 is 92.4 Å². The van der Waals surface area contributed by atoms with Gasteiger partial charge in [0.15, 0.2) is 23.8 Å². The van der Waals surface area contributed by atoms with Crippen LogP contribution in [0.2, 0.25) is 0 Å². The highest BCUT2D eigenvalue weighted by atomic mass is 32.1. The number of carbonyl (C=O) groups excluding carboxylic acids is 6. The third kappa shape index (κ3) is 15.2. The number of benzene rings is 3. The zero-order chi connectivity index (χ0) is 61.9. The fourth-order valence-electron chi connectivity index (χ4n) is 9.77. The second-order valence-corrected chi connectivity index (χ2v) is 21.8. The molecule has 0 bridgehead atoms. The molecule has 28 nitrogen and oxygen atoms in total. The van der Waals surface area contributed by atoms with Gasteiger partial charge >= 0.3 is 12.1 Å². The van der Waals surface area contributed by atoms with E-state index in [1.807, 2.05) is 25.1 Å². The first-order valence-electron chi connectivity index (χ1n) is 27.3. The van der Waals surface area contributed by atoms with Crippen LogP contribution in [-0.2, 0) is 42.3 Å². The second-order valence-electron chi connectivity index (χ2n) is 20.7. The van der Waals surface area contributed by atoms with Crippen LogP contribution in [0, 0.1) is 0 Å². The molecule has 2 fully saturated rings. The quantitative estimate of drug-likeness (QED) is 0.0215. The van der Waals surface area contributed by atoms with Crippen LogP contribution in [0.5, 0.6) is 17.2 Å². The molecule has 0 spiro atoms. The number of thiophene rings is 1. The molecular formula is C57H69N9O19S. The summed E-state index contributed by atoms with van der Waals surface area (Å²) >= 11 is 1.36. The number of carbonyl (C=O) groups is 7. The summed E-state index contributed by atoms with van der Waals surface area (Å²) < 4.78 is 36.3. The number of ether oxygens (including phenoxy) is 6. The van der Waals surface area contributed by atoms with Crippen LogP contribution < -0.4 is 46.3 Å². The smallest absolute Gasteiger partial charge is 0.416 e. The summed E-state index contributed by atoms with van der Waals surface area (Å²) in [4.78, 5) is 103. The van der Waals surface area contributed by atoms with Gasteiger partial charge in [0.05, 0.1) is 67.0 Å². The minimum Gasteiger partial charge on any atom is -0.493 e. The third-order valence-corrected chi connectivity index (χ3v) is 15.2. The van der Waals surface area contributed by atoms with Crippen molar-refractivity contribution in [1.29, 1.82) is 0 Å². The topological polar surface area (TPSA) is 374 Å². The predicted octanol–water partition coefficient (Wildman–Crippen LogP) is 2.13. The SMILES string of the molecule is C=C1C[C@H]2C(O)N(C(=O)OCc3ccc(O[C@@H]4O[C@H](C(=O)O)[C@@H](O)[C@H](O)[C@H]4O)c(C(=O)NCCOCCON)c3)c3cc(OCCCC(=O)Nc4cc(C(=O)Nc5ccc6sc(C(=O)NCCCN(C)C)cc6c5)n(C)c4)c(OC)cc3C(=O)N2C1. The highest BCUT2D eigenvalue weighted by Gasteiger charge is 2.49. The van der Waals surface area contributed by atoms with E-state index in [2.05, 4.69) is 32.7 Å². The molecule has 6 amide bonds. The highest BCUT2D eigenvalue weighted by Crippen LogP contribution is 2.42. The number of rotatable bonds is 26. The molecule has 3 aliphatic heterocycles. The van der Waals surface area contributed by atoms with E-state index in [9.17, 15) is 59.1 Å². The van der Waals surface area contributed by atoms with E-state index >= 15 is 0 Å².